The van der Waals surface area contributed by atoms with Crippen LogP contribution in [0.3, 0.4) is 0 Å². The van der Waals surface area contributed by atoms with Crippen LogP contribution in [0.15, 0.2) is 17.5 Å². The molecule has 1 aromatic heterocycles. The third-order valence-electron chi connectivity index (χ3n) is 3.17. The number of amides is 1. The summed E-state index contributed by atoms with van der Waals surface area (Å²) < 4.78 is 0. The van der Waals surface area contributed by atoms with E-state index in [1.165, 1.54) is 4.88 Å². The Kier molecular flexibility index (Phi) is 4.86. The summed E-state index contributed by atoms with van der Waals surface area (Å²) in [6.45, 7) is 1.68. The highest BCUT2D eigenvalue weighted by Crippen LogP contribution is 2.17. The van der Waals surface area contributed by atoms with Gasteiger partial charge in [-0.25, -0.2) is 0 Å². The molecule has 0 unspecified atom stereocenters. The molecule has 1 aromatic rings. The summed E-state index contributed by atoms with van der Waals surface area (Å²) in [6.07, 6.45) is 4.54. The lowest BCUT2D eigenvalue weighted by Crippen LogP contribution is -2.38. The van der Waals surface area contributed by atoms with Crippen molar-refractivity contribution in [2.24, 2.45) is 0 Å². The van der Waals surface area contributed by atoms with Crippen molar-refractivity contribution in [3.05, 3.63) is 22.4 Å². The molecule has 0 radical (unpaired) electrons. The van der Waals surface area contributed by atoms with E-state index in [1.54, 1.807) is 11.3 Å². The lowest BCUT2D eigenvalue weighted by atomic mass is 10.1. The van der Waals surface area contributed by atoms with Gasteiger partial charge < -0.3 is 4.90 Å². The van der Waals surface area contributed by atoms with Crippen LogP contribution in [-0.4, -0.2) is 29.3 Å². The number of nitrogens with zero attached hydrogens (tertiary/aromatic N) is 1. The van der Waals surface area contributed by atoms with Crippen molar-refractivity contribution in [2.75, 3.05) is 13.1 Å². The molecule has 0 atom stereocenters. The lowest BCUT2D eigenvalue weighted by Gasteiger charge is -2.29. The van der Waals surface area contributed by atoms with E-state index in [4.69, 9.17) is 11.6 Å². The molecule has 94 valence electrons. The van der Waals surface area contributed by atoms with E-state index in [0.29, 0.717) is 12.3 Å². The predicted octanol–water partition coefficient (Wildman–Crippen LogP) is 3.30. The maximum absolute atomic E-state index is 11.9. The number of halogens is 1. The topological polar surface area (TPSA) is 20.3 Å². The zero-order valence-corrected chi connectivity index (χ0v) is 11.5. The van der Waals surface area contributed by atoms with E-state index in [2.05, 4.69) is 17.5 Å². The highest BCUT2D eigenvalue weighted by Gasteiger charge is 2.20. The molecule has 0 aromatic carbocycles. The quantitative estimate of drug-likeness (QED) is 0.770. The van der Waals surface area contributed by atoms with Crippen molar-refractivity contribution in [3.63, 3.8) is 0 Å². The Labute approximate surface area is 112 Å². The van der Waals surface area contributed by atoms with Crippen molar-refractivity contribution >= 4 is 28.8 Å². The molecule has 1 amide bonds. The summed E-state index contributed by atoms with van der Waals surface area (Å²) in [7, 11) is 0. The van der Waals surface area contributed by atoms with E-state index in [1.807, 2.05) is 4.90 Å². The minimum absolute atomic E-state index is 0.269. The Balaban J connectivity index is 1.67. The number of carbonyl (C=O) groups excluding carboxylic acids is 1. The van der Waals surface area contributed by atoms with E-state index in [0.717, 1.165) is 38.8 Å². The van der Waals surface area contributed by atoms with Crippen molar-refractivity contribution < 1.29 is 4.79 Å². The van der Waals surface area contributed by atoms with Crippen molar-refractivity contribution in [1.82, 2.24) is 4.90 Å². The average Bonchev–Trinajstić information content (AvgIpc) is 2.83. The lowest BCUT2D eigenvalue weighted by molar-refractivity contribution is -0.132. The molecule has 1 aliphatic rings. The number of aryl methyl sites for hydroxylation is 1. The zero-order chi connectivity index (χ0) is 12.1. The van der Waals surface area contributed by atoms with E-state index in [9.17, 15) is 4.79 Å². The highest BCUT2D eigenvalue weighted by molar-refractivity contribution is 7.09. The van der Waals surface area contributed by atoms with Crippen LogP contribution in [-0.2, 0) is 11.2 Å². The maximum Gasteiger partial charge on any atom is 0.222 e. The largest absolute Gasteiger partial charge is 0.343 e. The van der Waals surface area contributed by atoms with Gasteiger partial charge in [0, 0.05) is 29.8 Å². The summed E-state index contributed by atoms with van der Waals surface area (Å²) in [4.78, 5) is 15.3. The molecule has 1 fully saturated rings. The summed E-state index contributed by atoms with van der Waals surface area (Å²) in [6, 6.07) is 4.20. The van der Waals surface area contributed by atoms with E-state index < -0.39 is 0 Å². The molecule has 1 saturated heterocycles. The van der Waals surface area contributed by atoms with Crippen LogP contribution in [0.2, 0.25) is 0 Å². The van der Waals surface area contributed by atoms with E-state index >= 15 is 0 Å². The number of hydrogen-bond donors (Lipinski definition) is 0. The van der Waals surface area contributed by atoms with Gasteiger partial charge in [0.25, 0.3) is 0 Å². The van der Waals surface area contributed by atoms with Crippen molar-refractivity contribution in [3.8, 4) is 0 Å². The van der Waals surface area contributed by atoms with Crippen LogP contribution >= 0.6 is 22.9 Å². The minimum Gasteiger partial charge on any atom is -0.343 e. The van der Waals surface area contributed by atoms with Gasteiger partial charge in [0.05, 0.1) is 0 Å². The van der Waals surface area contributed by atoms with Crippen LogP contribution in [0.25, 0.3) is 0 Å². The predicted molar refractivity (Wildman–Crippen MR) is 72.7 cm³/mol. The van der Waals surface area contributed by atoms with Crippen LogP contribution in [0.4, 0.5) is 0 Å². The van der Waals surface area contributed by atoms with Crippen molar-refractivity contribution in [1.29, 1.82) is 0 Å². The first-order valence-corrected chi connectivity index (χ1v) is 7.51. The molecule has 0 saturated carbocycles. The van der Waals surface area contributed by atoms with Gasteiger partial charge in [-0.3, -0.25) is 4.79 Å². The summed E-state index contributed by atoms with van der Waals surface area (Å²) >= 11 is 7.79. The summed E-state index contributed by atoms with van der Waals surface area (Å²) in [5.74, 6) is 0.296. The molecule has 2 heterocycles. The van der Waals surface area contributed by atoms with Gasteiger partial charge in [-0.1, -0.05) is 6.07 Å². The van der Waals surface area contributed by atoms with Gasteiger partial charge in [-0.05, 0) is 37.1 Å². The van der Waals surface area contributed by atoms with Crippen LogP contribution < -0.4 is 0 Å². The molecule has 2 nitrogen and oxygen atoms in total. The second-order valence-corrected chi connectivity index (χ2v) is 6.14. The second kappa shape index (κ2) is 6.41. The number of thiophene rings is 1. The molecule has 0 bridgehead atoms. The molecular weight excluding hydrogens is 254 g/mol. The second-order valence-electron chi connectivity index (χ2n) is 4.49. The van der Waals surface area contributed by atoms with Crippen molar-refractivity contribution in [2.45, 2.75) is 37.5 Å². The fourth-order valence-electron chi connectivity index (χ4n) is 2.12. The monoisotopic (exact) mass is 271 g/mol. The molecule has 2 rings (SSSR count). The molecule has 1 aliphatic heterocycles. The molecule has 0 aliphatic carbocycles. The molecule has 0 spiro atoms. The van der Waals surface area contributed by atoms with Gasteiger partial charge in [0.15, 0.2) is 0 Å². The number of rotatable bonds is 4. The standard InChI is InChI=1S/C13H18ClNOS/c14-11-6-8-15(9-7-11)13(16)5-1-3-12-4-2-10-17-12/h2,4,10-11H,1,3,5-9H2. The van der Waals surface area contributed by atoms with Crippen LogP contribution in [0.5, 0.6) is 0 Å². The van der Waals surface area contributed by atoms with Crippen LogP contribution in [0.1, 0.15) is 30.6 Å². The Morgan fingerprint density at radius 1 is 1.47 bits per heavy atom. The number of carbonyl (C=O) groups is 1. The molecule has 17 heavy (non-hydrogen) atoms. The zero-order valence-electron chi connectivity index (χ0n) is 9.90. The summed E-state index contributed by atoms with van der Waals surface area (Å²) in [5.41, 5.74) is 0. The third-order valence-corrected chi connectivity index (χ3v) is 4.54. The molecule has 0 N–H and O–H groups in total. The van der Waals surface area contributed by atoms with E-state index in [-0.39, 0.29) is 5.38 Å². The first-order chi connectivity index (χ1) is 8.25. The Hall–Kier alpha value is -0.540. The van der Waals surface area contributed by atoms with Gasteiger partial charge in [-0.2, -0.15) is 0 Å². The third kappa shape index (κ3) is 4.00. The van der Waals surface area contributed by atoms with Gasteiger partial charge in [-0.15, -0.1) is 22.9 Å². The normalized spacial score (nSPS) is 17.4. The fourth-order valence-corrected chi connectivity index (χ4v) is 3.07. The average molecular weight is 272 g/mol. The highest BCUT2D eigenvalue weighted by atomic mass is 35.5. The molecular formula is C13H18ClNOS. The van der Waals surface area contributed by atoms with Gasteiger partial charge in [0.1, 0.15) is 0 Å². The molecule has 4 heteroatoms. The minimum atomic E-state index is 0.269. The smallest absolute Gasteiger partial charge is 0.222 e. The number of piperidine rings is 1. The van der Waals surface area contributed by atoms with Gasteiger partial charge in [0.2, 0.25) is 5.91 Å². The summed E-state index contributed by atoms with van der Waals surface area (Å²) in [5, 5.41) is 2.35. The number of alkyl halides is 1. The fraction of sp³-hybridized carbons (Fsp3) is 0.615. The Morgan fingerprint density at radius 3 is 2.88 bits per heavy atom. The van der Waals surface area contributed by atoms with Crippen LogP contribution in [0, 0.1) is 0 Å². The number of hydrogen-bond acceptors (Lipinski definition) is 2. The Bertz CT molecular complexity index is 344. The number of likely N-dealkylation sites (tertiary alicyclic amines) is 1. The maximum atomic E-state index is 11.9. The van der Waals surface area contributed by atoms with Gasteiger partial charge >= 0.3 is 0 Å². The SMILES string of the molecule is O=C(CCCc1cccs1)N1CCC(Cl)CC1. The Morgan fingerprint density at radius 2 is 2.24 bits per heavy atom. The first kappa shape index (κ1) is 12.9. The first-order valence-electron chi connectivity index (χ1n) is 6.20.